The van der Waals surface area contributed by atoms with Gasteiger partial charge in [0.15, 0.2) is 0 Å². The molecule has 31 heavy (non-hydrogen) atoms. The summed E-state index contributed by atoms with van der Waals surface area (Å²) < 4.78 is 7.79. The number of halogens is 2. The Bertz CT molecular complexity index is 1250. The molecular formula is C21H18Br2N4O4. The van der Waals surface area contributed by atoms with Gasteiger partial charge in [-0.1, -0.05) is 35.5 Å². The van der Waals surface area contributed by atoms with Crippen molar-refractivity contribution in [1.82, 2.24) is 9.66 Å². The zero-order chi connectivity index (χ0) is 22.5. The van der Waals surface area contributed by atoms with E-state index in [0.29, 0.717) is 33.2 Å². The van der Waals surface area contributed by atoms with Crippen molar-refractivity contribution < 1.29 is 9.66 Å². The standard InChI is InChI=1S/C21H18Br2N4O4/c1-3-5-19-25-17-7-6-14(22)11-15(17)21(28)26(19)24-12-13-9-16(23)20(31-8-4-2)18(10-13)27(29)30/h4,6-7,9-12H,2-3,5,8H2,1H3. The van der Waals surface area contributed by atoms with E-state index >= 15 is 0 Å². The van der Waals surface area contributed by atoms with Crippen LogP contribution in [0.5, 0.6) is 5.75 Å². The summed E-state index contributed by atoms with van der Waals surface area (Å²) >= 11 is 6.67. The molecule has 1 aromatic heterocycles. The molecule has 160 valence electrons. The Balaban J connectivity index is 2.11. The van der Waals surface area contributed by atoms with Crippen molar-refractivity contribution in [1.29, 1.82) is 0 Å². The molecule has 2 aromatic carbocycles. The van der Waals surface area contributed by atoms with E-state index in [1.54, 1.807) is 18.2 Å². The first-order valence-electron chi connectivity index (χ1n) is 9.32. The molecule has 1 heterocycles. The van der Waals surface area contributed by atoms with Crippen LogP contribution in [0.4, 0.5) is 5.69 Å². The van der Waals surface area contributed by atoms with Gasteiger partial charge in [-0.05, 0) is 46.6 Å². The number of nitrogens with zero attached hydrogens (tertiary/aromatic N) is 4. The van der Waals surface area contributed by atoms with Crippen LogP contribution in [0.25, 0.3) is 10.9 Å². The van der Waals surface area contributed by atoms with Gasteiger partial charge in [0, 0.05) is 22.5 Å². The van der Waals surface area contributed by atoms with Crippen LogP contribution in [-0.4, -0.2) is 27.4 Å². The molecule has 0 aliphatic heterocycles. The third-order valence-electron chi connectivity index (χ3n) is 4.26. The lowest BCUT2D eigenvalue weighted by atomic mass is 10.2. The summed E-state index contributed by atoms with van der Waals surface area (Å²) in [5, 5.41) is 16.2. The van der Waals surface area contributed by atoms with Crippen molar-refractivity contribution in [3.05, 3.63) is 83.8 Å². The van der Waals surface area contributed by atoms with Gasteiger partial charge in [0.1, 0.15) is 12.4 Å². The SMILES string of the molecule is C=CCOc1c(Br)cc(C=Nn2c(CCC)nc3ccc(Br)cc3c2=O)cc1[N+](=O)[O-]. The number of fused-ring (bicyclic) bond motifs is 1. The molecular weight excluding hydrogens is 532 g/mol. The highest BCUT2D eigenvalue weighted by Gasteiger charge is 2.20. The monoisotopic (exact) mass is 548 g/mol. The van der Waals surface area contributed by atoms with Gasteiger partial charge in [0.25, 0.3) is 5.56 Å². The number of hydrogen-bond acceptors (Lipinski definition) is 6. The maximum Gasteiger partial charge on any atom is 0.312 e. The number of hydrogen-bond donors (Lipinski definition) is 0. The summed E-state index contributed by atoms with van der Waals surface area (Å²) in [6.45, 7) is 5.65. The summed E-state index contributed by atoms with van der Waals surface area (Å²) in [7, 11) is 0. The normalized spacial score (nSPS) is 11.2. The van der Waals surface area contributed by atoms with Gasteiger partial charge in [0.05, 0.1) is 26.5 Å². The Labute approximate surface area is 194 Å². The second kappa shape index (κ2) is 9.97. The molecule has 8 nitrogen and oxygen atoms in total. The van der Waals surface area contributed by atoms with E-state index in [1.165, 1.54) is 23.0 Å². The molecule has 0 radical (unpaired) electrons. The fraction of sp³-hybridized carbons (Fsp3) is 0.190. The minimum Gasteiger partial charge on any atom is -0.482 e. The topological polar surface area (TPSA) is 99.6 Å². The average molecular weight is 550 g/mol. The van der Waals surface area contributed by atoms with E-state index in [-0.39, 0.29) is 23.6 Å². The fourth-order valence-corrected chi connectivity index (χ4v) is 3.86. The highest BCUT2D eigenvalue weighted by molar-refractivity contribution is 9.10. The molecule has 0 N–H and O–H groups in total. The molecule has 0 amide bonds. The van der Waals surface area contributed by atoms with Gasteiger partial charge in [0.2, 0.25) is 5.75 Å². The molecule has 10 heteroatoms. The van der Waals surface area contributed by atoms with E-state index in [4.69, 9.17) is 4.74 Å². The molecule has 0 spiro atoms. The lowest BCUT2D eigenvalue weighted by molar-refractivity contribution is -0.385. The molecule has 0 atom stereocenters. The Kier molecular flexibility index (Phi) is 7.34. The number of nitro benzene ring substituents is 1. The molecule has 3 rings (SSSR count). The summed E-state index contributed by atoms with van der Waals surface area (Å²) in [6.07, 6.45) is 4.21. The number of aromatic nitrogens is 2. The van der Waals surface area contributed by atoms with Crippen molar-refractivity contribution in [2.45, 2.75) is 19.8 Å². The fourth-order valence-electron chi connectivity index (χ4n) is 2.92. The quantitative estimate of drug-likeness (QED) is 0.166. The van der Waals surface area contributed by atoms with Gasteiger partial charge in [-0.2, -0.15) is 9.78 Å². The molecule has 3 aromatic rings. The van der Waals surface area contributed by atoms with Crippen LogP contribution >= 0.6 is 31.9 Å². The summed E-state index contributed by atoms with van der Waals surface area (Å²) in [5.74, 6) is 0.612. The summed E-state index contributed by atoms with van der Waals surface area (Å²) in [6, 6.07) is 8.26. The summed E-state index contributed by atoms with van der Waals surface area (Å²) in [5.41, 5.74) is 0.475. The zero-order valence-electron chi connectivity index (χ0n) is 16.5. The van der Waals surface area contributed by atoms with Gasteiger partial charge in [-0.25, -0.2) is 4.98 Å². The average Bonchev–Trinajstić information content (AvgIpc) is 2.73. The minimum atomic E-state index is -0.537. The molecule has 0 unspecified atom stereocenters. The van der Waals surface area contributed by atoms with Crippen LogP contribution in [0, 0.1) is 10.1 Å². The van der Waals surface area contributed by atoms with Crippen molar-refractivity contribution >= 4 is 54.7 Å². The Morgan fingerprint density at radius 2 is 2.10 bits per heavy atom. The molecule has 0 fully saturated rings. The molecule has 0 aliphatic carbocycles. The van der Waals surface area contributed by atoms with E-state index in [2.05, 4.69) is 48.5 Å². The zero-order valence-corrected chi connectivity index (χ0v) is 19.7. The third kappa shape index (κ3) is 5.08. The van der Waals surface area contributed by atoms with Gasteiger partial charge >= 0.3 is 5.69 Å². The molecule has 0 aliphatic rings. The second-order valence-electron chi connectivity index (χ2n) is 6.51. The van der Waals surface area contributed by atoms with E-state index in [0.717, 1.165) is 10.9 Å². The van der Waals surface area contributed by atoms with Gasteiger partial charge < -0.3 is 4.74 Å². The van der Waals surface area contributed by atoms with Crippen LogP contribution < -0.4 is 10.3 Å². The lowest BCUT2D eigenvalue weighted by Gasteiger charge is -2.09. The lowest BCUT2D eigenvalue weighted by Crippen LogP contribution is -2.22. The van der Waals surface area contributed by atoms with Crippen LogP contribution in [0.3, 0.4) is 0 Å². The van der Waals surface area contributed by atoms with Crippen LogP contribution in [0.15, 0.2) is 61.8 Å². The largest absolute Gasteiger partial charge is 0.482 e. The number of ether oxygens (including phenoxy) is 1. The van der Waals surface area contributed by atoms with Gasteiger partial charge in [-0.15, -0.1) is 0 Å². The molecule has 0 saturated carbocycles. The van der Waals surface area contributed by atoms with Crippen molar-refractivity contribution in [2.75, 3.05) is 6.61 Å². The number of benzene rings is 2. The van der Waals surface area contributed by atoms with Crippen LogP contribution in [0.2, 0.25) is 0 Å². The van der Waals surface area contributed by atoms with E-state index in [1.807, 2.05) is 13.0 Å². The first-order valence-corrected chi connectivity index (χ1v) is 10.9. The smallest absolute Gasteiger partial charge is 0.312 e. The number of nitro groups is 1. The highest BCUT2D eigenvalue weighted by Crippen LogP contribution is 2.36. The maximum absolute atomic E-state index is 13.1. The maximum atomic E-state index is 13.1. The first-order chi connectivity index (χ1) is 14.8. The van der Waals surface area contributed by atoms with E-state index < -0.39 is 4.92 Å². The summed E-state index contributed by atoms with van der Waals surface area (Å²) in [4.78, 5) is 28.6. The minimum absolute atomic E-state index is 0.100. The van der Waals surface area contributed by atoms with Crippen LogP contribution in [0.1, 0.15) is 24.7 Å². The Hall–Kier alpha value is -2.85. The van der Waals surface area contributed by atoms with E-state index in [9.17, 15) is 14.9 Å². The highest BCUT2D eigenvalue weighted by atomic mass is 79.9. The Morgan fingerprint density at radius 3 is 2.77 bits per heavy atom. The van der Waals surface area contributed by atoms with Crippen LogP contribution in [-0.2, 0) is 6.42 Å². The first kappa shape index (κ1) is 22.8. The predicted octanol–water partition coefficient (Wildman–Crippen LogP) is 5.23. The number of aryl methyl sites for hydroxylation is 1. The van der Waals surface area contributed by atoms with Crippen molar-refractivity contribution in [2.24, 2.45) is 5.10 Å². The van der Waals surface area contributed by atoms with Crippen molar-refractivity contribution in [3.63, 3.8) is 0 Å². The third-order valence-corrected chi connectivity index (χ3v) is 5.34. The molecule has 0 bridgehead atoms. The van der Waals surface area contributed by atoms with Crippen molar-refractivity contribution in [3.8, 4) is 5.75 Å². The van der Waals surface area contributed by atoms with Gasteiger partial charge in [-0.3, -0.25) is 14.9 Å². The second-order valence-corrected chi connectivity index (χ2v) is 8.28. The predicted molar refractivity (Wildman–Crippen MR) is 127 cm³/mol. The Morgan fingerprint density at radius 1 is 1.32 bits per heavy atom. The molecule has 0 saturated heterocycles. The number of rotatable bonds is 8.